The van der Waals surface area contributed by atoms with Gasteiger partial charge in [0, 0.05) is 22.7 Å². The summed E-state index contributed by atoms with van der Waals surface area (Å²) in [5.41, 5.74) is 0.690. The monoisotopic (exact) mass is 220 g/mol. The second kappa shape index (κ2) is 4.03. The first-order valence-corrected chi connectivity index (χ1v) is 5.85. The van der Waals surface area contributed by atoms with Crippen molar-refractivity contribution in [1.82, 2.24) is 4.90 Å². The first-order valence-electron chi connectivity index (χ1n) is 4.97. The number of hydrogen-bond acceptors (Lipinski definition) is 3. The van der Waals surface area contributed by atoms with Crippen LogP contribution in [0.4, 0.5) is 0 Å². The molecule has 15 heavy (non-hydrogen) atoms. The molecule has 1 aliphatic heterocycles. The summed E-state index contributed by atoms with van der Waals surface area (Å²) in [6.45, 7) is 3.48. The fourth-order valence-electron chi connectivity index (χ4n) is 1.76. The molecule has 1 amide bonds. The summed E-state index contributed by atoms with van der Waals surface area (Å²) in [4.78, 5) is 14.6. The third-order valence-electron chi connectivity index (χ3n) is 2.69. The predicted octanol–water partition coefficient (Wildman–Crippen LogP) is 1.99. The number of rotatable bonds is 2. The van der Waals surface area contributed by atoms with Crippen LogP contribution in [0.1, 0.15) is 23.8 Å². The summed E-state index contributed by atoms with van der Waals surface area (Å²) < 4.78 is 0. The van der Waals surface area contributed by atoms with Gasteiger partial charge >= 0.3 is 0 Å². The van der Waals surface area contributed by atoms with Crippen molar-refractivity contribution in [3.63, 3.8) is 0 Å². The summed E-state index contributed by atoms with van der Waals surface area (Å²) in [7, 11) is 0. The molecule has 0 saturated carbocycles. The normalized spacial score (nSPS) is 20.7. The Morgan fingerprint density at radius 1 is 1.73 bits per heavy atom. The lowest BCUT2D eigenvalue weighted by molar-refractivity contribution is -0.130. The lowest BCUT2D eigenvalue weighted by Crippen LogP contribution is -2.25. The highest BCUT2D eigenvalue weighted by Crippen LogP contribution is 2.22. The number of thiophene rings is 1. The Hall–Kier alpha value is -1.34. The largest absolute Gasteiger partial charge is 0.337 e. The predicted molar refractivity (Wildman–Crippen MR) is 58.2 cm³/mol. The maximum Gasteiger partial charge on any atom is 0.225 e. The SMILES string of the molecule is C[C@H]1CCN(Cc2cc(C#N)cs2)C1=O. The van der Waals surface area contributed by atoms with Crippen molar-refractivity contribution in [2.75, 3.05) is 6.54 Å². The molecular weight excluding hydrogens is 208 g/mol. The van der Waals surface area contributed by atoms with Crippen molar-refractivity contribution < 1.29 is 4.79 Å². The molecule has 1 aliphatic rings. The average Bonchev–Trinajstić information content (AvgIpc) is 2.80. The van der Waals surface area contributed by atoms with Gasteiger partial charge in [0.25, 0.3) is 0 Å². The fraction of sp³-hybridized carbons (Fsp3) is 0.455. The van der Waals surface area contributed by atoms with Crippen LogP contribution in [0.2, 0.25) is 0 Å². The van der Waals surface area contributed by atoms with Gasteiger partial charge in [-0.25, -0.2) is 0 Å². The van der Waals surface area contributed by atoms with Crippen LogP contribution in [0.25, 0.3) is 0 Å². The van der Waals surface area contributed by atoms with Crippen LogP contribution in [0, 0.1) is 17.2 Å². The number of nitrogens with zero attached hydrogens (tertiary/aromatic N) is 2. The van der Waals surface area contributed by atoms with Crippen molar-refractivity contribution in [3.8, 4) is 6.07 Å². The van der Waals surface area contributed by atoms with E-state index in [1.54, 1.807) is 11.3 Å². The summed E-state index contributed by atoms with van der Waals surface area (Å²) in [5.74, 6) is 0.405. The van der Waals surface area contributed by atoms with Crippen LogP contribution in [0.15, 0.2) is 11.4 Å². The molecule has 0 unspecified atom stereocenters. The number of carbonyl (C=O) groups excluding carboxylic acids is 1. The van der Waals surface area contributed by atoms with Crippen LogP contribution in [0.5, 0.6) is 0 Å². The second-order valence-electron chi connectivity index (χ2n) is 3.86. The van der Waals surface area contributed by atoms with E-state index in [1.165, 1.54) is 0 Å². The summed E-state index contributed by atoms with van der Waals surface area (Å²) >= 11 is 1.55. The molecular formula is C11H12N2OS. The summed E-state index contributed by atoms with van der Waals surface area (Å²) in [6.07, 6.45) is 0.954. The smallest absolute Gasteiger partial charge is 0.225 e. The summed E-state index contributed by atoms with van der Waals surface area (Å²) in [6, 6.07) is 3.96. The molecule has 1 saturated heterocycles. The molecule has 2 rings (SSSR count). The third kappa shape index (κ3) is 2.02. The average molecular weight is 220 g/mol. The molecule has 0 aliphatic carbocycles. The van der Waals surface area contributed by atoms with Gasteiger partial charge in [0.1, 0.15) is 6.07 Å². The Kier molecular flexibility index (Phi) is 2.74. The maximum atomic E-state index is 11.7. The molecule has 1 aromatic rings. The number of amides is 1. The van der Waals surface area contributed by atoms with E-state index < -0.39 is 0 Å². The van der Waals surface area contributed by atoms with Crippen LogP contribution in [-0.2, 0) is 11.3 Å². The van der Waals surface area contributed by atoms with Crippen LogP contribution in [-0.4, -0.2) is 17.4 Å². The van der Waals surface area contributed by atoms with E-state index in [4.69, 9.17) is 5.26 Å². The van der Waals surface area contributed by atoms with Gasteiger partial charge in [-0.3, -0.25) is 4.79 Å². The summed E-state index contributed by atoms with van der Waals surface area (Å²) in [5, 5.41) is 10.5. The number of carbonyl (C=O) groups is 1. The highest BCUT2D eigenvalue weighted by molar-refractivity contribution is 7.10. The quantitative estimate of drug-likeness (QED) is 0.765. The number of nitriles is 1. The van der Waals surface area contributed by atoms with Crippen molar-refractivity contribution in [2.45, 2.75) is 19.9 Å². The van der Waals surface area contributed by atoms with Gasteiger partial charge in [-0.1, -0.05) is 6.92 Å². The minimum Gasteiger partial charge on any atom is -0.337 e. The molecule has 0 radical (unpaired) electrons. The highest BCUT2D eigenvalue weighted by atomic mass is 32.1. The van der Waals surface area contributed by atoms with Gasteiger partial charge in [-0.15, -0.1) is 11.3 Å². The molecule has 0 spiro atoms. The van der Waals surface area contributed by atoms with E-state index in [-0.39, 0.29) is 11.8 Å². The van der Waals surface area contributed by atoms with E-state index in [0.717, 1.165) is 17.8 Å². The zero-order valence-corrected chi connectivity index (χ0v) is 9.38. The molecule has 0 N–H and O–H groups in total. The molecule has 3 nitrogen and oxygen atoms in total. The molecule has 78 valence electrons. The maximum absolute atomic E-state index is 11.7. The lowest BCUT2D eigenvalue weighted by Gasteiger charge is -2.14. The van der Waals surface area contributed by atoms with Crippen LogP contribution >= 0.6 is 11.3 Å². The van der Waals surface area contributed by atoms with E-state index in [0.29, 0.717) is 12.1 Å². The third-order valence-corrected chi connectivity index (χ3v) is 3.62. The first-order chi connectivity index (χ1) is 7.20. The van der Waals surface area contributed by atoms with E-state index in [2.05, 4.69) is 6.07 Å². The van der Waals surface area contributed by atoms with Gasteiger partial charge in [-0.2, -0.15) is 5.26 Å². The first kappa shape index (κ1) is 10.2. The van der Waals surface area contributed by atoms with E-state index in [1.807, 2.05) is 23.3 Å². The van der Waals surface area contributed by atoms with Gasteiger partial charge in [-0.05, 0) is 12.5 Å². The van der Waals surface area contributed by atoms with Crippen LogP contribution < -0.4 is 0 Å². The molecule has 1 aromatic heterocycles. The van der Waals surface area contributed by atoms with Crippen molar-refractivity contribution >= 4 is 17.2 Å². The Labute approximate surface area is 92.9 Å². The Bertz CT molecular complexity index is 418. The van der Waals surface area contributed by atoms with Crippen molar-refractivity contribution in [2.24, 2.45) is 5.92 Å². The zero-order chi connectivity index (χ0) is 10.8. The topological polar surface area (TPSA) is 44.1 Å². The highest BCUT2D eigenvalue weighted by Gasteiger charge is 2.27. The molecule has 0 aromatic carbocycles. The Balaban J connectivity index is 2.04. The minimum atomic E-state index is 0.167. The van der Waals surface area contributed by atoms with E-state index in [9.17, 15) is 4.79 Å². The molecule has 0 bridgehead atoms. The van der Waals surface area contributed by atoms with Crippen molar-refractivity contribution in [3.05, 3.63) is 21.9 Å². The lowest BCUT2D eigenvalue weighted by atomic mass is 10.1. The van der Waals surface area contributed by atoms with Gasteiger partial charge in [0.05, 0.1) is 12.1 Å². The molecule has 1 atom stereocenters. The zero-order valence-electron chi connectivity index (χ0n) is 8.56. The minimum absolute atomic E-state index is 0.167. The number of likely N-dealkylation sites (tertiary alicyclic amines) is 1. The van der Waals surface area contributed by atoms with Gasteiger partial charge in [0.15, 0.2) is 0 Å². The standard InChI is InChI=1S/C11H12N2OS/c1-8-2-3-13(11(8)14)6-10-4-9(5-12)7-15-10/h4,7-8H,2-3,6H2,1H3/t8-/m0/s1. The van der Waals surface area contributed by atoms with E-state index >= 15 is 0 Å². The van der Waals surface area contributed by atoms with Gasteiger partial charge < -0.3 is 4.90 Å². The number of hydrogen-bond donors (Lipinski definition) is 0. The molecule has 4 heteroatoms. The second-order valence-corrected chi connectivity index (χ2v) is 4.86. The molecule has 1 fully saturated rings. The molecule has 2 heterocycles. The Morgan fingerprint density at radius 2 is 2.53 bits per heavy atom. The van der Waals surface area contributed by atoms with Gasteiger partial charge in [0.2, 0.25) is 5.91 Å². The fourth-order valence-corrected chi connectivity index (χ4v) is 2.59. The van der Waals surface area contributed by atoms with Crippen molar-refractivity contribution in [1.29, 1.82) is 5.26 Å². The van der Waals surface area contributed by atoms with Crippen LogP contribution in [0.3, 0.4) is 0 Å². The Morgan fingerprint density at radius 3 is 3.07 bits per heavy atom.